The van der Waals surface area contributed by atoms with Crippen molar-refractivity contribution >= 4 is 17.8 Å². The Morgan fingerprint density at radius 2 is 1.65 bits per heavy atom. The minimum absolute atomic E-state index is 0.0974. The van der Waals surface area contributed by atoms with E-state index in [2.05, 4.69) is 11.8 Å². The highest BCUT2D eigenvalue weighted by Gasteiger charge is 2.23. The number of carbonyl (C=O) groups excluding carboxylic acids is 2. The lowest BCUT2D eigenvalue weighted by Crippen LogP contribution is -2.15. The van der Waals surface area contributed by atoms with Gasteiger partial charge in [-0.05, 0) is 48.0 Å². The molecular weight excluding hydrogens is 392 g/mol. The molecule has 0 aromatic heterocycles. The van der Waals surface area contributed by atoms with Crippen LogP contribution >= 0.6 is 0 Å². The summed E-state index contributed by atoms with van der Waals surface area (Å²) in [6.45, 7) is 0.0974. The average molecular weight is 410 g/mol. The van der Waals surface area contributed by atoms with E-state index in [1.54, 1.807) is 24.3 Å². The summed E-state index contributed by atoms with van der Waals surface area (Å²) < 4.78 is 15.5. The first-order valence-corrected chi connectivity index (χ1v) is 9.56. The van der Waals surface area contributed by atoms with E-state index in [1.165, 1.54) is 13.2 Å². The van der Waals surface area contributed by atoms with Crippen molar-refractivity contribution in [2.75, 3.05) is 13.9 Å². The van der Waals surface area contributed by atoms with Crippen LogP contribution in [0.2, 0.25) is 0 Å². The van der Waals surface area contributed by atoms with Crippen molar-refractivity contribution in [2.24, 2.45) is 0 Å². The molecule has 0 spiro atoms. The number of Topliss-reactive ketones (excluding diaryl/α,β-unsaturated/α-hetero) is 1. The highest BCUT2D eigenvalue weighted by molar-refractivity contribution is 6.27. The fraction of sp³-hybridized carbons (Fsp3) is 0.0769. The van der Waals surface area contributed by atoms with Gasteiger partial charge in [0, 0.05) is 16.7 Å². The smallest absolute Gasteiger partial charge is 0.341 e. The highest BCUT2D eigenvalue weighted by Crippen LogP contribution is 2.33. The Bertz CT molecular complexity index is 1230. The van der Waals surface area contributed by atoms with E-state index < -0.39 is 11.8 Å². The van der Waals surface area contributed by atoms with Crippen LogP contribution in [0.3, 0.4) is 0 Å². The molecule has 0 bridgehead atoms. The number of methoxy groups -OCH3 is 1. The quantitative estimate of drug-likeness (QED) is 0.161. The Morgan fingerprint density at radius 3 is 2.45 bits per heavy atom. The minimum Gasteiger partial charge on any atom is -0.465 e. The molecule has 1 aliphatic heterocycles. The monoisotopic (exact) mass is 410 g/mol. The first-order chi connectivity index (χ1) is 15.2. The van der Waals surface area contributed by atoms with Crippen molar-refractivity contribution in [1.29, 1.82) is 0 Å². The fourth-order valence-electron chi connectivity index (χ4n) is 3.07. The lowest BCUT2D eigenvalue weighted by atomic mass is 9.98. The molecule has 3 aromatic rings. The zero-order valence-electron chi connectivity index (χ0n) is 16.8. The SMILES string of the molecule is COC(=O)/C(=C\c1ccccc1C#Cc1ccccc1)C(=O)c1ccc2c(c1)OCO2. The molecule has 0 aliphatic carbocycles. The maximum Gasteiger partial charge on any atom is 0.341 e. The van der Waals surface area contributed by atoms with Gasteiger partial charge in [-0.25, -0.2) is 4.79 Å². The van der Waals surface area contributed by atoms with Gasteiger partial charge in [-0.3, -0.25) is 4.79 Å². The van der Waals surface area contributed by atoms with Crippen molar-refractivity contribution in [3.63, 3.8) is 0 Å². The van der Waals surface area contributed by atoms with Crippen LogP contribution in [-0.2, 0) is 9.53 Å². The Kier molecular flexibility index (Phi) is 5.82. The van der Waals surface area contributed by atoms with Gasteiger partial charge in [0.05, 0.1) is 7.11 Å². The van der Waals surface area contributed by atoms with E-state index in [9.17, 15) is 9.59 Å². The molecule has 0 N–H and O–H groups in total. The topological polar surface area (TPSA) is 61.8 Å². The molecule has 0 fully saturated rings. The molecule has 1 heterocycles. The molecule has 0 saturated carbocycles. The molecule has 0 atom stereocenters. The van der Waals surface area contributed by atoms with Crippen molar-refractivity contribution in [3.05, 3.63) is 101 Å². The molecule has 152 valence electrons. The van der Waals surface area contributed by atoms with Crippen LogP contribution in [0, 0.1) is 11.8 Å². The third-order valence-electron chi connectivity index (χ3n) is 4.66. The molecule has 3 aromatic carbocycles. The third-order valence-corrected chi connectivity index (χ3v) is 4.66. The predicted molar refractivity (Wildman–Crippen MR) is 116 cm³/mol. The van der Waals surface area contributed by atoms with E-state index in [-0.39, 0.29) is 12.4 Å². The summed E-state index contributed by atoms with van der Waals surface area (Å²) in [6.07, 6.45) is 1.51. The standard InChI is InChI=1S/C26H18O5/c1-29-26(28)22(25(27)21-13-14-23-24(16-21)31-17-30-23)15-20-10-6-5-9-19(20)12-11-18-7-3-2-4-8-18/h2-10,13-16H,17H2,1H3/b22-15-. The number of esters is 1. The molecule has 0 saturated heterocycles. The van der Waals surface area contributed by atoms with Gasteiger partial charge in [-0.1, -0.05) is 48.2 Å². The minimum atomic E-state index is -0.728. The van der Waals surface area contributed by atoms with Gasteiger partial charge in [0.1, 0.15) is 5.57 Å². The molecule has 0 radical (unpaired) electrons. The van der Waals surface area contributed by atoms with Crippen LogP contribution in [0.15, 0.2) is 78.4 Å². The van der Waals surface area contributed by atoms with Gasteiger partial charge in [-0.15, -0.1) is 0 Å². The Balaban J connectivity index is 1.72. The Labute approximate surface area is 179 Å². The van der Waals surface area contributed by atoms with Crippen LogP contribution in [0.4, 0.5) is 0 Å². The number of fused-ring (bicyclic) bond motifs is 1. The molecule has 4 rings (SSSR count). The van der Waals surface area contributed by atoms with Gasteiger partial charge in [0.25, 0.3) is 0 Å². The summed E-state index contributed by atoms with van der Waals surface area (Å²) >= 11 is 0. The Morgan fingerprint density at radius 1 is 0.903 bits per heavy atom. The number of benzene rings is 3. The molecule has 0 unspecified atom stereocenters. The summed E-state index contributed by atoms with van der Waals surface area (Å²) in [5.41, 5.74) is 2.39. The molecule has 5 nitrogen and oxygen atoms in total. The fourth-order valence-corrected chi connectivity index (χ4v) is 3.07. The number of ether oxygens (including phenoxy) is 3. The van der Waals surface area contributed by atoms with Gasteiger partial charge >= 0.3 is 5.97 Å². The number of hydrogen-bond donors (Lipinski definition) is 0. The zero-order chi connectivity index (χ0) is 21.6. The molecule has 1 aliphatic rings. The second kappa shape index (κ2) is 9.02. The second-order valence-electron chi connectivity index (χ2n) is 6.65. The summed E-state index contributed by atoms with van der Waals surface area (Å²) in [5, 5.41) is 0. The number of ketones is 1. The van der Waals surface area contributed by atoms with E-state index >= 15 is 0 Å². The number of hydrogen-bond acceptors (Lipinski definition) is 5. The van der Waals surface area contributed by atoms with Crippen molar-refractivity contribution in [2.45, 2.75) is 0 Å². The van der Waals surface area contributed by atoms with Gasteiger partial charge in [0.15, 0.2) is 17.3 Å². The van der Waals surface area contributed by atoms with Crippen molar-refractivity contribution < 1.29 is 23.8 Å². The van der Waals surface area contributed by atoms with E-state index in [0.29, 0.717) is 28.2 Å². The first-order valence-electron chi connectivity index (χ1n) is 9.56. The van der Waals surface area contributed by atoms with Gasteiger partial charge < -0.3 is 14.2 Å². The van der Waals surface area contributed by atoms with E-state index in [4.69, 9.17) is 14.2 Å². The number of rotatable bonds is 4. The first kappa shape index (κ1) is 20.0. The van der Waals surface area contributed by atoms with Crippen LogP contribution < -0.4 is 9.47 Å². The summed E-state index contributed by atoms with van der Waals surface area (Å²) in [4.78, 5) is 25.6. The molecular formula is C26H18O5. The summed E-state index contributed by atoms with van der Waals surface area (Å²) in [5.74, 6) is 6.02. The normalized spacial score (nSPS) is 12.0. The highest BCUT2D eigenvalue weighted by atomic mass is 16.7. The van der Waals surface area contributed by atoms with Crippen molar-refractivity contribution in [3.8, 4) is 23.3 Å². The summed E-state index contributed by atoms with van der Waals surface area (Å²) in [7, 11) is 1.24. The largest absolute Gasteiger partial charge is 0.465 e. The second-order valence-corrected chi connectivity index (χ2v) is 6.65. The maximum absolute atomic E-state index is 13.1. The van der Waals surface area contributed by atoms with Gasteiger partial charge in [-0.2, -0.15) is 0 Å². The lowest BCUT2D eigenvalue weighted by molar-refractivity contribution is -0.135. The molecule has 31 heavy (non-hydrogen) atoms. The van der Waals surface area contributed by atoms with Crippen LogP contribution in [0.25, 0.3) is 6.08 Å². The Hall–Kier alpha value is -4.30. The van der Waals surface area contributed by atoms with Gasteiger partial charge in [0.2, 0.25) is 6.79 Å². The van der Waals surface area contributed by atoms with Crippen LogP contribution in [-0.4, -0.2) is 25.7 Å². The number of carbonyl (C=O) groups is 2. The van der Waals surface area contributed by atoms with Crippen molar-refractivity contribution in [1.82, 2.24) is 0 Å². The third kappa shape index (κ3) is 4.49. The molecule has 0 amide bonds. The predicted octanol–water partition coefficient (Wildman–Crippen LogP) is 4.25. The lowest BCUT2D eigenvalue weighted by Gasteiger charge is -2.07. The molecule has 5 heteroatoms. The van der Waals surface area contributed by atoms with Crippen LogP contribution in [0.1, 0.15) is 27.0 Å². The average Bonchev–Trinajstić information content (AvgIpc) is 3.29. The maximum atomic E-state index is 13.1. The summed E-state index contributed by atoms with van der Waals surface area (Å²) in [6, 6.07) is 21.7. The van der Waals surface area contributed by atoms with Crippen LogP contribution in [0.5, 0.6) is 11.5 Å². The van der Waals surface area contributed by atoms with E-state index in [0.717, 1.165) is 5.56 Å². The van der Waals surface area contributed by atoms with E-state index in [1.807, 2.05) is 48.5 Å². The zero-order valence-corrected chi connectivity index (χ0v) is 16.8.